The Kier molecular flexibility index (Phi) is 5.92. The third-order valence-electron chi connectivity index (χ3n) is 4.79. The average Bonchev–Trinajstić information content (AvgIpc) is 2.79. The van der Waals surface area contributed by atoms with E-state index in [4.69, 9.17) is 11.6 Å². The molecular weight excluding hydrogens is 268 g/mol. The van der Waals surface area contributed by atoms with E-state index < -0.39 is 0 Å². The lowest BCUT2D eigenvalue weighted by molar-refractivity contribution is 0.163. The molecule has 0 saturated heterocycles. The van der Waals surface area contributed by atoms with Crippen LogP contribution < -0.4 is 0 Å². The Morgan fingerprint density at radius 2 is 1.90 bits per heavy atom. The minimum absolute atomic E-state index is 0.308. The summed E-state index contributed by atoms with van der Waals surface area (Å²) in [5.41, 5.74) is 2.43. The molecule has 0 amide bonds. The molecule has 0 spiro atoms. The fourth-order valence-corrected chi connectivity index (χ4v) is 3.61. The average molecular weight is 295 g/mol. The zero-order chi connectivity index (χ0) is 14.5. The Labute approximate surface area is 128 Å². The molecule has 1 saturated carbocycles. The predicted molar refractivity (Wildman–Crippen MR) is 86.3 cm³/mol. The van der Waals surface area contributed by atoms with Gasteiger partial charge in [-0.2, -0.15) is 0 Å². The second-order valence-electron chi connectivity index (χ2n) is 6.24. The summed E-state index contributed by atoms with van der Waals surface area (Å²) in [7, 11) is 0. The number of hydrogen-bond acceptors (Lipinski definition) is 1. The molecule has 0 aliphatic heterocycles. The summed E-state index contributed by atoms with van der Waals surface area (Å²) in [5, 5.41) is 10.5. The number of unbranched alkanes of at least 4 members (excludes halogenated alkanes) is 2. The smallest absolute Gasteiger partial charge is 0.0790 e. The van der Waals surface area contributed by atoms with Crippen LogP contribution in [0.1, 0.15) is 75.5 Å². The fourth-order valence-electron chi connectivity index (χ4n) is 3.31. The Hall–Kier alpha value is -0.530. The van der Waals surface area contributed by atoms with Crippen LogP contribution in [0, 0.1) is 5.92 Å². The van der Waals surface area contributed by atoms with Crippen molar-refractivity contribution in [3.8, 4) is 0 Å². The summed E-state index contributed by atoms with van der Waals surface area (Å²) in [5.74, 6) is 1.14. The van der Waals surface area contributed by atoms with Crippen LogP contribution in [0.15, 0.2) is 24.3 Å². The zero-order valence-electron chi connectivity index (χ0n) is 12.7. The molecule has 1 aromatic rings. The third-order valence-corrected chi connectivity index (χ3v) is 5.40. The van der Waals surface area contributed by atoms with E-state index in [9.17, 15) is 5.11 Å². The number of alkyl halides is 1. The maximum absolute atomic E-state index is 10.2. The molecule has 1 nitrogen and oxygen atoms in total. The Morgan fingerprint density at radius 1 is 1.20 bits per heavy atom. The first kappa shape index (κ1) is 15.9. The molecule has 112 valence electrons. The molecular formula is C18H27ClO. The van der Waals surface area contributed by atoms with Crippen molar-refractivity contribution in [2.24, 2.45) is 5.92 Å². The molecule has 2 rings (SSSR count). The largest absolute Gasteiger partial charge is 0.388 e. The van der Waals surface area contributed by atoms with E-state index in [-0.39, 0.29) is 6.10 Å². The van der Waals surface area contributed by atoms with E-state index in [0.29, 0.717) is 17.2 Å². The highest BCUT2D eigenvalue weighted by Crippen LogP contribution is 2.42. The van der Waals surface area contributed by atoms with Crippen molar-refractivity contribution in [1.29, 1.82) is 0 Å². The van der Waals surface area contributed by atoms with Gasteiger partial charge in [0, 0.05) is 5.38 Å². The van der Waals surface area contributed by atoms with Crippen molar-refractivity contribution in [2.75, 3.05) is 0 Å². The van der Waals surface area contributed by atoms with Crippen molar-refractivity contribution >= 4 is 11.6 Å². The first-order valence-electron chi connectivity index (χ1n) is 8.05. The van der Waals surface area contributed by atoms with Gasteiger partial charge in [-0.05, 0) is 42.2 Å². The molecule has 1 aromatic carbocycles. The zero-order valence-corrected chi connectivity index (χ0v) is 13.4. The molecule has 0 bridgehead atoms. The minimum Gasteiger partial charge on any atom is -0.388 e. The summed E-state index contributed by atoms with van der Waals surface area (Å²) in [6, 6.07) is 8.57. The van der Waals surface area contributed by atoms with Crippen molar-refractivity contribution in [2.45, 2.75) is 69.8 Å². The standard InChI is InChI=1S/C18H27ClO/c1-3-4-5-6-18(20)15-9-7-14(8-10-15)16-11-12-17(19)13(16)2/h7-10,13,16-18,20H,3-6,11-12H2,1-2H3. The van der Waals surface area contributed by atoms with Crippen molar-refractivity contribution in [3.05, 3.63) is 35.4 Å². The van der Waals surface area contributed by atoms with Crippen molar-refractivity contribution in [3.63, 3.8) is 0 Å². The van der Waals surface area contributed by atoms with Crippen LogP contribution in [0.2, 0.25) is 0 Å². The van der Waals surface area contributed by atoms with E-state index >= 15 is 0 Å². The minimum atomic E-state index is -0.308. The van der Waals surface area contributed by atoms with Gasteiger partial charge in [0.15, 0.2) is 0 Å². The van der Waals surface area contributed by atoms with Crippen LogP contribution in [0.4, 0.5) is 0 Å². The highest BCUT2D eigenvalue weighted by molar-refractivity contribution is 6.21. The summed E-state index contributed by atoms with van der Waals surface area (Å²) in [6.45, 7) is 4.44. The molecule has 1 N–H and O–H groups in total. The molecule has 0 aromatic heterocycles. The van der Waals surface area contributed by atoms with Crippen LogP contribution in [0.25, 0.3) is 0 Å². The van der Waals surface area contributed by atoms with Gasteiger partial charge in [-0.3, -0.25) is 0 Å². The van der Waals surface area contributed by atoms with E-state index in [2.05, 4.69) is 38.1 Å². The first-order chi connectivity index (χ1) is 9.63. The van der Waals surface area contributed by atoms with Gasteiger partial charge in [0.1, 0.15) is 0 Å². The van der Waals surface area contributed by atoms with E-state index in [1.807, 2.05) is 0 Å². The highest BCUT2D eigenvalue weighted by atomic mass is 35.5. The maximum Gasteiger partial charge on any atom is 0.0790 e. The SMILES string of the molecule is CCCCCC(O)c1ccc(C2CCC(Cl)C2C)cc1. The van der Waals surface area contributed by atoms with Gasteiger partial charge in [0.05, 0.1) is 6.10 Å². The Bertz CT molecular complexity index is 400. The van der Waals surface area contributed by atoms with E-state index in [1.165, 1.54) is 24.8 Å². The second-order valence-corrected chi connectivity index (χ2v) is 6.80. The number of rotatable bonds is 6. The first-order valence-corrected chi connectivity index (χ1v) is 8.49. The number of aliphatic hydroxyl groups excluding tert-OH is 1. The van der Waals surface area contributed by atoms with Gasteiger partial charge < -0.3 is 5.11 Å². The van der Waals surface area contributed by atoms with Gasteiger partial charge in [-0.15, -0.1) is 11.6 Å². The lowest BCUT2D eigenvalue weighted by Crippen LogP contribution is -2.09. The van der Waals surface area contributed by atoms with Crippen LogP contribution in [-0.2, 0) is 0 Å². The van der Waals surface area contributed by atoms with Gasteiger partial charge in [-0.25, -0.2) is 0 Å². The maximum atomic E-state index is 10.2. The van der Waals surface area contributed by atoms with Gasteiger partial charge >= 0.3 is 0 Å². The topological polar surface area (TPSA) is 20.2 Å². The quantitative estimate of drug-likeness (QED) is 0.548. The molecule has 0 heterocycles. The van der Waals surface area contributed by atoms with Gasteiger partial charge in [0.2, 0.25) is 0 Å². The monoisotopic (exact) mass is 294 g/mol. The second kappa shape index (κ2) is 7.47. The molecule has 1 fully saturated rings. The molecule has 1 aliphatic carbocycles. The third kappa shape index (κ3) is 3.77. The molecule has 4 atom stereocenters. The lowest BCUT2D eigenvalue weighted by Gasteiger charge is -2.18. The van der Waals surface area contributed by atoms with Crippen LogP contribution in [0.3, 0.4) is 0 Å². The Balaban J connectivity index is 1.96. The molecule has 2 heteroatoms. The van der Waals surface area contributed by atoms with Gasteiger partial charge in [-0.1, -0.05) is 57.4 Å². The van der Waals surface area contributed by atoms with Crippen LogP contribution >= 0.6 is 11.6 Å². The van der Waals surface area contributed by atoms with Crippen molar-refractivity contribution < 1.29 is 5.11 Å². The number of halogens is 1. The number of benzene rings is 1. The molecule has 0 radical (unpaired) electrons. The number of aliphatic hydroxyl groups is 1. The summed E-state index contributed by atoms with van der Waals surface area (Å²) >= 11 is 6.32. The normalized spacial score (nSPS) is 27.7. The van der Waals surface area contributed by atoms with E-state index in [0.717, 1.165) is 24.8 Å². The van der Waals surface area contributed by atoms with Crippen LogP contribution in [0.5, 0.6) is 0 Å². The molecule has 20 heavy (non-hydrogen) atoms. The predicted octanol–water partition coefficient (Wildman–Crippen LogP) is 5.42. The lowest BCUT2D eigenvalue weighted by atomic mass is 9.89. The molecule has 1 aliphatic rings. The summed E-state index contributed by atoms with van der Waals surface area (Å²) in [4.78, 5) is 0. The molecule has 4 unspecified atom stereocenters. The summed E-state index contributed by atoms with van der Waals surface area (Å²) in [6.07, 6.45) is 6.38. The van der Waals surface area contributed by atoms with Crippen LogP contribution in [-0.4, -0.2) is 10.5 Å². The van der Waals surface area contributed by atoms with Crippen molar-refractivity contribution in [1.82, 2.24) is 0 Å². The summed E-state index contributed by atoms with van der Waals surface area (Å²) < 4.78 is 0. The Morgan fingerprint density at radius 3 is 2.45 bits per heavy atom. The number of hydrogen-bond donors (Lipinski definition) is 1. The van der Waals surface area contributed by atoms with E-state index in [1.54, 1.807) is 0 Å². The fraction of sp³-hybridized carbons (Fsp3) is 0.667. The van der Waals surface area contributed by atoms with Gasteiger partial charge in [0.25, 0.3) is 0 Å². The highest BCUT2D eigenvalue weighted by Gasteiger charge is 2.32.